The number of rotatable bonds is 7. The number of fused-ring (bicyclic) bond motifs is 2. The summed E-state index contributed by atoms with van der Waals surface area (Å²) in [6.07, 6.45) is 2.92. The molecule has 1 amide bonds. The Morgan fingerprint density at radius 3 is 2.62 bits per heavy atom. The molecular formula is C28H22ClF3N4O5S. The maximum absolute atomic E-state index is 14.3. The van der Waals surface area contributed by atoms with Crippen LogP contribution in [0.5, 0.6) is 11.5 Å². The smallest absolute Gasteiger partial charge is 0.387 e. The minimum atomic E-state index is -4.39. The van der Waals surface area contributed by atoms with Gasteiger partial charge in [-0.3, -0.25) is 9.78 Å². The predicted molar refractivity (Wildman–Crippen MR) is 146 cm³/mol. The van der Waals surface area contributed by atoms with Gasteiger partial charge in [0.15, 0.2) is 5.75 Å². The molecule has 14 heteroatoms. The van der Waals surface area contributed by atoms with Gasteiger partial charge in [-0.25, -0.2) is 22.8 Å². The fourth-order valence-corrected chi connectivity index (χ4v) is 6.35. The van der Waals surface area contributed by atoms with Crippen LogP contribution in [0.25, 0.3) is 22.3 Å². The Bertz CT molecular complexity index is 1820. The molecule has 42 heavy (non-hydrogen) atoms. The molecule has 4 heterocycles. The molecule has 1 atom stereocenters. The van der Waals surface area contributed by atoms with Crippen molar-refractivity contribution in [2.45, 2.75) is 48.7 Å². The molecule has 1 saturated carbocycles. The number of hydrogen-bond acceptors (Lipinski definition) is 8. The number of aromatic nitrogens is 3. The van der Waals surface area contributed by atoms with Crippen molar-refractivity contribution in [3.05, 3.63) is 70.6 Å². The van der Waals surface area contributed by atoms with Gasteiger partial charge in [0.2, 0.25) is 15.3 Å². The molecule has 218 valence electrons. The van der Waals surface area contributed by atoms with Crippen LogP contribution in [0.15, 0.2) is 53.6 Å². The van der Waals surface area contributed by atoms with Gasteiger partial charge in [0.25, 0.3) is 5.91 Å². The molecule has 4 aromatic rings. The van der Waals surface area contributed by atoms with Crippen LogP contribution in [-0.4, -0.2) is 48.0 Å². The van der Waals surface area contributed by atoms with E-state index in [9.17, 15) is 26.4 Å². The van der Waals surface area contributed by atoms with Crippen molar-refractivity contribution in [3.63, 3.8) is 0 Å². The number of halogens is 4. The Morgan fingerprint density at radius 1 is 1.10 bits per heavy atom. The zero-order valence-electron chi connectivity index (χ0n) is 21.7. The van der Waals surface area contributed by atoms with E-state index in [-0.39, 0.29) is 47.6 Å². The Hall–Kier alpha value is -3.97. The van der Waals surface area contributed by atoms with E-state index < -0.39 is 32.8 Å². The lowest BCUT2D eigenvalue weighted by Crippen LogP contribution is -2.24. The summed E-state index contributed by atoms with van der Waals surface area (Å²) < 4.78 is 75.1. The maximum Gasteiger partial charge on any atom is 0.387 e. The van der Waals surface area contributed by atoms with Gasteiger partial charge in [0, 0.05) is 29.5 Å². The molecular weight excluding hydrogens is 597 g/mol. The van der Waals surface area contributed by atoms with Gasteiger partial charge in [-0.05, 0) is 55.3 Å². The molecule has 1 aromatic carbocycles. The van der Waals surface area contributed by atoms with Crippen molar-refractivity contribution in [3.8, 4) is 22.9 Å². The van der Waals surface area contributed by atoms with Crippen LogP contribution >= 0.6 is 11.6 Å². The number of benzene rings is 1. The highest BCUT2D eigenvalue weighted by atomic mass is 35.5. The molecule has 1 aliphatic heterocycles. The van der Waals surface area contributed by atoms with Crippen molar-refractivity contribution in [2.75, 3.05) is 6.61 Å². The van der Waals surface area contributed by atoms with E-state index in [2.05, 4.69) is 25.0 Å². The Labute approximate surface area is 243 Å². The van der Waals surface area contributed by atoms with Crippen molar-refractivity contribution < 1.29 is 35.9 Å². The van der Waals surface area contributed by atoms with Gasteiger partial charge in [-0.1, -0.05) is 11.6 Å². The molecule has 1 N–H and O–H groups in total. The predicted octanol–water partition coefficient (Wildman–Crippen LogP) is 5.61. The van der Waals surface area contributed by atoms with Crippen LogP contribution in [0.3, 0.4) is 0 Å². The molecule has 0 saturated heterocycles. The molecule has 1 aliphatic carbocycles. The van der Waals surface area contributed by atoms with Gasteiger partial charge in [-0.2, -0.15) is 8.78 Å². The van der Waals surface area contributed by atoms with Gasteiger partial charge in [0.1, 0.15) is 10.6 Å². The molecule has 0 unspecified atom stereocenters. The molecule has 0 bridgehead atoms. The topological polar surface area (TPSA) is 120 Å². The highest BCUT2D eigenvalue weighted by Crippen LogP contribution is 2.44. The van der Waals surface area contributed by atoms with Crippen molar-refractivity contribution >= 4 is 38.2 Å². The molecule has 1 fully saturated rings. The van der Waals surface area contributed by atoms with E-state index in [0.717, 1.165) is 24.3 Å². The number of amides is 1. The third-order valence-electron chi connectivity index (χ3n) is 6.89. The van der Waals surface area contributed by atoms with E-state index in [1.807, 2.05) is 0 Å². The summed E-state index contributed by atoms with van der Waals surface area (Å²) in [6, 6.07) is 10.6. The zero-order valence-corrected chi connectivity index (χ0v) is 23.3. The van der Waals surface area contributed by atoms with Gasteiger partial charge in [0.05, 0.1) is 46.5 Å². The number of ether oxygens (including phenoxy) is 2. The Morgan fingerprint density at radius 2 is 1.86 bits per heavy atom. The van der Waals surface area contributed by atoms with Crippen LogP contribution in [0.4, 0.5) is 13.2 Å². The van der Waals surface area contributed by atoms with Crippen LogP contribution in [-0.2, 0) is 16.4 Å². The number of alkyl halides is 3. The first kappa shape index (κ1) is 28.2. The number of hydrogen-bond donors (Lipinski definition) is 1. The van der Waals surface area contributed by atoms with Gasteiger partial charge < -0.3 is 14.8 Å². The monoisotopic (exact) mass is 618 g/mol. The molecule has 0 spiro atoms. The Balaban J connectivity index is 1.23. The van der Waals surface area contributed by atoms with Gasteiger partial charge in [-0.15, -0.1) is 0 Å². The second kappa shape index (κ2) is 11.0. The highest BCUT2D eigenvalue weighted by molar-refractivity contribution is 7.92. The molecule has 2 aliphatic rings. The average molecular weight is 619 g/mol. The van der Waals surface area contributed by atoms with E-state index in [4.69, 9.17) is 16.3 Å². The SMILES string of the molecule is O=C(NCc1cc2nc(-c3ccc(OC(F)F)c(C4CC4)n3)ccc2cn1)c1cc(Cl)c2c(c1)S(=O)(=O)[C@@H](F)CCO2. The number of carbonyl (C=O) groups is 1. The van der Waals surface area contributed by atoms with Crippen LogP contribution in [0, 0.1) is 0 Å². The molecule has 3 aromatic heterocycles. The van der Waals surface area contributed by atoms with Crippen molar-refractivity contribution in [1.29, 1.82) is 0 Å². The first-order valence-corrected chi connectivity index (χ1v) is 14.9. The lowest BCUT2D eigenvalue weighted by molar-refractivity contribution is -0.0507. The third-order valence-corrected chi connectivity index (χ3v) is 9.00. The first-order valence-electron chi connectivity index (χ1n) is 12.9. The van der Waals surface area contributed by atoms with E-state index >= 15 is 0 Å². The minimum absolute atomic E-state index is 0.0336. The normalized spacial score (nSPS) is 17.8. The van der Waals surface area contributed by atoms with Crippen molar-refractivity contribution in [1.82, 2.24) is 20.3 Å². The summed E-state index contributed by atoms with van der Waals surface area (Å²) in [4.78, 5) is 26.0. The summed E-state index contributed by atoms with van der Waals surface area (Å²) in [6.45, 7) is -3.15. The molecule has 0 radical (unpaired) electrons. The summed E-state index contributed by atoms with van der Waals surface area (Å²) in [5.74, 6) is -0.703. The summed E-state index contributed by atoms with van der Waals surface area (Å²) in [5.41, 5.74) is 0.245. The fraction of sp³-hybridized carbons (Fsp3) is 0.286. The largest absolute Gasteiger partial charge is 0.490 e. The second-order valence-corrected chi connectivity index (χ2v) is 12.3. The number of sulfone groups is 1. The average Bonchev–Trinajstić information content (AvgIpc) is 3.82. The van der Waals surface area contributed by atoms with Gasteiger partial charge >= 0.3 is 6.61 Å². The second-order valence-electron chi connectivity index (χ2n) is 9.86. The number of carbonyl (C=O) groups excluding carboxylic acids is 1. The van der Waals surface area contributed by atoms with Crippen LogP contribution in [0.1, 0.15) is 46.9 Å². The summed E-state index contributed by atoms with van der Waals surface area (Å²) >= 11 is 6.19. The lowest BCUT2D eigenvalue weighted by atomic mass is 10.1. The van der Waals surface area contributed by atoms with E-state index in [1.54, 1.807) is 30.5 Å². The third kappa shape index (κ3) is 5.58. The van der Waals surface area contributed by atoms with E-state index in [0.29, 0.717) is 28.3 Å². The molecule has 6 rings (SSSR count). The van der Waals surface area contributed by atoms with Crippen LogP contribution in [0.2, 0.25) is 5.02 Å². The van der Waals surface area contributed by atoms with Crippen molar-refractivity contribution in [2.24, 2.45) is 0 Å². The molecule has 9 nitrogen and oxygen atoms in total. The number of pyridine rings is 3. The standard InChI is InChI=1S/C28H22ClF3N4O5S/c29-18-9-16(10-23-26(18)40-8-7-24(30)42(23,38)39)27(37)34-13-17-11-21-15(12-33-17)3-4-19(35-21)20-5-6-22(41-28(31)32)25(36-20)14-1-2-14/h3-6,9-12,14,24,28H,1-2,7-8,13H2,(H,34,37)/t24-/m1/s1. The number of nitrogens with zero attached hydrogens (tertiary/aromatic N) is 3. The summed E-state index contributed by atoms with van der Waals surface area (Å²) in [7, 11) is -4.39. The lowest BCUT2D eigenvalue weighted by Gasteiger charge is -2.12. The number of nitrogens with one attached hydrogen (secondary N) is 1. The highest BCUT2D eigenvalue weighted by Gasteiger charge is 2.35. The maximum atomic E-state index is 14.3. The Kier molecular flexibility index (Phi) is 7.39. The minimum Gasteiger partial charge on any atom is -0.490 e. The fourth-order valence-electron chi connectivity index (χ4n) is 4.62. The zero-order chi connectivity index (χ0) is 29.6. The quantitative estimate of drug-likeness (QED) is 0.284. The van der Waals surface area contributed by atoms with Crippen LogP contribution < -0.4 is 14.8 Å². The first-order chi connectivity index (χ1) is 20.1. The van der Waals surface area contributed by atoms with E-state index in [1.165, 1.54) is 12.1 Å². The summed E-state index contributed by atoms with van der Waals surface area (Å²) in [5, 5.41) is 3.26.